The number of alkyl halides is 2. The zero-order valence-electron chi connectivity index (χ0n) is 21.5. The summed E-state index contributed by atoms with van der Waals surface area (Å²) in [7, 11) is 0. The Morgan fingerprint density at radius 2 is 1.80 bits per heavy atom. The fourth-order valence-electron chi connectivity index (χ4n) is 5.20. The van der Waals surface area contributed by atoms with Crippen LogP contribution in [-0.4, -0.2) is 40.7 Å². The zero-order valence-corrected chi connectivity index (χ0v) is 22.2. The van der Waals surface area contributed by atoms with E-state index >= 15 is 0 Å². The zero-order chi connectivity index (χ0) is 28.6. The molecule has 0 unspecified atom stereocenters. The molecule has 3 amide bonds. The lowest BCUT2D eigenvalue weighted by Gasteiger charge is -2.39. The molecule has 2 fully saturated rings. The van der Waals surface area contributed by atoms with Crippen LogP contribution in [-0.2, 0) is 14.4 Å². The number of nitrogens with zero attached hydrogens (tertiary/aromatic N) is 3. The second-order valence-electron chi connectivity index (χ2n) is 10.0. The SMILES string of the molecule is C.Cc1cccc(N2C(=O)CC[C@H]2C(=O)N(c2cccc(F)c2)[C@H](C(=O)NC2CC(F)(F)C2)c2ccccc2Cl)n1. The summed E-state index contributed by atoms with van der Waals surface area (Å²) in [5.74, 6) is -5.02. The smallest absolute Gasteiger partial charge is 0.252 e. The molecule has 3 aromatic rings. The lowest BCUT2D eigenvalue weighted by molar-refractivity contribution is -0.133. The summed E-state index contributed by atoms with van der Waals surface area (Å²) in [5.41, 5.74) is 0.895. The van der Waals surface area contributed by atoms with Crippen LogP contribution in [0.2, 0.25) is 5.02 Å². The highest BCUT2D eigenvalue weighted by Crippen LogP contribution is 2.39. The Bertz CT molecular complexity index is 1460. The Kier molecular flexibility index (Phi) is 8.72. The second kappa shape index (κ2) is 11.9. The van der Waals surface area contributed by atoms with Crippen molar-refractivity contribution in [1.82, 2.24) is 10.3 Å². The summed E-state index contributed by atoms with van der Waals surface area (Å²) in [6, 6.07) is 13.2. The molecule has 1 aliphatic carbocycles. The number of amides is 3. The van der Waals surface area contributed by atoms with Crippen LogP contribution in [0.15, 0.2) is 66.7 Å². The van der Waals surface area contributed by atoms with Crippen molar-refractivity contribution in [2.45, 2.75) is 64.1 Å². The van der Waals surface area contributed by atoms with Crippen LogP contribution in [0.5, 0.6) is 0 Å². The molecule has 1 aliphatic heterocycles. The molecule has 1 saturated heterocycles. The highest BCUT2D eigenvalue weighted by Gasteiger charge is 2.48. The van der Waals surface area contributed by atoms with E-state index in [-0.39, 0.29) is 48.3 Å². The van der Waals surface area contributed by atoms with Gasteiger partial charge in [0.15, 0.2) is 0 Å². The van der Waals surface area contributed by atoms with Gasteiger partial charge in [0.2, 0.25) is 11.8 Å². The molecule has 5 rings (SSSR count). The molecule has 2 aromatic carbocycles. The average molecular weight is 587 g/mol. The third-order valence-electron chi connectivity index (χ3n) is 7.08. The highest BCUT2D eigenvalue weighted by atomic mass is 35.5. The van der Waals surface area contributed by atoms with Gasteiger partial charge in [-0.15, -0.1) is 0 Å². The minimum absolute atomic E-state index is 0. The van der Waals surface area contributed by atoms with Gasteiger partial charge >= 0.3 is 0 Å². The number of pyridine rings is 1. The van der Waals surface area contributed by atoms with Gasteiger partial charge in [0.1, 0.15) is 23.7 Å². The van der Waals surface area contributed by atoms with E-state index in [1.54, 1.807) is 43.3 Å². The van der Waals surface area contributed by atoms with Crippen molar-refractivity contribution < 1.29 is 27.6 Å². The molecule has 0 spiro atoms. The Labute approximate surface area is 241 Å². The lowest BCUT2D eigenvalue weighted by Crippen LogP contribution is -2.56. The number of carbonyl (C=O) groups excluding carboxylic acids is 3. The van der Waals surface area contributed by atoms with E-state index in [4.69, 9.17) is 11.6 Å². The maximum atomic E-state index is 14.5. The molecule has 0 bridgehead atoms. The van der Waals surface area contributed by atoms with Crippen LogP contribution in [0.3, 0.4) is 0 Å². The van der Waals surface area contributed by atoms with E-state index in [1.807, 2.05) is 0 Å². The molecule has 11 heteroatoms. The first kappa shape index (κ1) is 30.0. The molecule has 2 aliphatic rings. The summed E-state index contributed by atoms with van der Waals surface area (Å²) >= 11 is 6.50. The molecule has 41 heavy (non-hydrogen) atoms. The molecule has 7 nitrogen and oxygen atoms in total. The topological polar surface area (TPSA) is 82.6 Å². The Balaban J connectivity index is 0.00000387. The largest absolute Gasteiger partial charge is 0.351 e. The van der Waals surface area contributed by atoms with Gasteiger partial charge < -0.3 is 5.32 Å². The number of anilines is 2. The van der Waals surface area contributed by atoms with Crippen LogP contribution >= 0.6 is 11.6 Å². The van der Waals surface area contributed by atoms with Crippen molar-refractivity contribution in [3.05, 3.63) is 88.8 Å². The van der Waals surface area contributed by atoms with E-state index in [9.17, 15) is 27.6 Å². The van der Waals surface area contributed by atoms with Gasteiger partial charge in [-0.1, -0.05) is 49.4 Å². The number of rotatable bonds is 7. The van der Waals surface area contributed by atoms with Crippen LogP contribution in [0.25, 0.3) is 0 Å². The summed E-state index contributed by atoms with van der Waals surface area (Å²) in [4.78, 5) is 48.0. The quantitative estimate of drug-likeness (QED) is 0.368. The van der Waals surface area contributed by atoms with Gasteiger partial charge in [-0.3, -0.25) is 24.2 Å². The minimum atomic E-state index is -2.89. The standard InChI is InChI=1S/C29H26ClF3N4O3.CH4/c1-17-6-4-11-24(34-17)37-23(12-13-25(37)38)28(40)36(20-8-5-7-18(31)14-20)26(21-9-2-3-10-22(21)30)27(39)35-19-15-29(32,33)16-19;/h2-11,14,19,23,26H,12-13,15-16H2,1H3,(H,35,39);1H4/t23-,26-;/m0./s1. The molecular weight excluding hydrogens is 557 g/mol. The van der Waals surface area contributed by atoms with E-state index in [2.05, 4.69) is 10.3 Å². The molecule has 216 valence electrons. The van der Waals surface area contributed by atoms with Crippen molar-refractivity contribution >= 4 is 40.8 Å². The minimum Gasteiger partial charge on any atom is -0.351 e. The Morgan fingerprint density at radius 1 is 1.10 bits per heavy atom. The van der Waals surface area contributed by atoms with Crippen LogP contribution < -0.4 is 15.1 Å². The maximum Gasteiger partial charge on any atom is 0.252 e. The number of nitrogens with one attached hydrogen (secondary N) is 1. The summed E-state index contributed by atoms with van der Waals surface area (Å²) in [6.07, 6.45) is -0.883. The van der Waals surface area contributed by atoms with E-state index < -0.39 is 54.5 Å². The highest BCUT2D eigenvalue weighted by molar-refractivity contribution is 6.31. The van der Waals surface area contributed by atoms with Gasteiger partial charge in [-0.2, -0.15) is 0 Å². The third kappa shape index (κ3) is 6.22. The number of hydrogen-bond donors (Lipinski definition) is 1. The Morgan fingerprint density at radius 3 is 2.46 bits per heavy atom. The van der Waals surface area contributed by atoms with Crippen molar-refractivity contribution in [3.8, 4) is 0 Å². The van der Waals surface area contributed by atoms with E-state index in [1.165, 1.54) is 29.2 Å². The fraction of sp³-hybridized carbons (Fsp3) is 0.333. The third-order valence-corrected chi connectivity index (χ3v) is 7.43. The predicted molar refractivity (Wildman–Crippen MR) is 150 cm³/mol. The molecular formula is C30H30ClF3N4O3. The summed E-state index contributed by atoms with van der Waals surface area (Å²) < 4.78 is 41.6. The number of halogens is 4. The molecule has 1 saturated carbocycles. The number of hydrogen-bond acceptors (Lipinski definition) is 4. The van der Waals surface area contributed by atoms with Crippen LogP contribution in [0.4, 0.5) is 24.7 Å². The molecule has 0 radical (unpaired) electrons. The predicted octanol–water partition coefficient (Wildman–Crippen LogP) is 6.00. The van der Waals surface area contributed by atoms with Crippen molar-refractivity contribution in [1.29, 1.82) is 0 Å². The molecule has 1 N–H and O–H groups in total. The first-order chi connectivity index (χ1) is 19.0. The number of benzene rings is 2. The Hall–Kier alpha value is -3.92. The van der Waals surface area contributed by atoms with Gasteiger partial charge in [0, 0.05) is 47.3 Å². The molecule has 2 heterocycles. The molecule has 2 atom stereocenters. The van der Waals surface area contributed by atoms with Crippen molar-refractivity contribution in [2.24, 2.45) is 0 Å². The van der Waals surface area contributed by atoms with Crippen molar-refractivity contribution in [3.63, 3.8) is 0 Å². The normalized spacial score (nSPS) is 18.7. The average Bonchev–Trinajstić information content (AvgIpc) is 3.27. The van der Waals surface area contributed by atoms with E-state index in [0.29, 0.717) is 5.69 Å². The van der Waals surface area contributed by atoms with Gasteiger partial charge in [-0.25, -0.2) is 18.2 Å². The number of aryl methyl sites for hydroxylation is 1. The fourth-order valence-corrected chi connectivity index (χ4v) is 5.43. The van der Waals surface area contributed by atoms with Crippen LogP contribution in [0.1, 0.15) is 50.4 Å². The number of carbonyl (C=O) groups is 3. The maximum absolute atomic E-state index is 14.5. The number of aromatic nitrogens is 1. The first-order valence-corrected chi connectivity index (χ1v) is 13.2. The second-order valence-corrected chi connectivity index (χ2v) is 10.4. The van der Waals surface area contributed by atoms with Gasteiger partial charge in [-0.05, 0) is 49.7 Å². The van der Waals surface area contributed by atoms with Crippen LogP contribution in [0, 0.1) is 12.7 Å². The van der Waals surface area contributed by atoms with E-state index in [0.717, 1.165) is 11.0 Å². The summed E-state index contributed by atoms with van der Waals surface area (Å²) in [6.45, 7) is 1.75. The lowest BCUT2D eigenvalue weighted by atomic mass is 9.87. The van der Waals surface area contributed by atoms with Crippen molar-refractivity contribution in [2.75, 3.05) is 9.80 Å². The van der Waals surface area contributed by atoms with Gasteiger partial charge in [0.25, 0.3) is 11.8 Å². The first-order valence-electron chi connectivity index (χ1n) is 12.8. The summed E-state index contributed by atoms with van der Waals surface area (Å²) in [5, 5.41) is 2.76. The van der Waals surface area contributed by atoms with Gasteiger partial charge in [0.05, 0.1) is 0 Å². The molecule has 1 aromatic heterocycles. The monoisotopic (exact) mass is 586 g/mol.